The van der Waals surface area contributed by atoms with Crippen molar-refractivity contribution in [2.45, 2.75) is 46.1 Å². The van der Waals surface area contributed by atoms with Gasteiger partial charge in [-0.3, -0.25) is 0 Å². The smallest absolute Gasteiger partial charge is 0.322 e. The quantitative estimate of drug-likeness (QED) is 0.884. The van der Waals surface area contributed by atoms with Crippen molar-refractivity contribution in [3.05, 3.63) is 24.0 Å². The maximum Gasteiger partial charge on any atom is 0.322 e. The van der Waals surface area contributed by atoms with E-state index in [0.29, 0.717) is 5.75 Å². The highest BCUT2D eigenvalue weighted by Gasteiger charge is 2.51. The van der Waals surface area contributed by atoms with Crippen molar-refractivity contribution < 1.29 is 13.9 Å². The molecule has 1 heterocycles. The van der Waals surface area contributed by atoms with Crippen LogP contribution in [0.15, 0.2) is 18.2 Å². The van der Waals surface area contributed by atoms with E-state index < -0.39 is 5.82 Å². The van der Waals surface area contributed by atoms with E-state index in [1.165, 1.54) is 13.2 Å². The van der Waals surface area contributed by atoms with Gasteiger partial charge in [-0.05, 0) is 42.2 Å². The molecule has 1 aliphatic carbocycles. The lowest BCUT2D eigenvalue weighted by Crippen LogP contribution is -2.40. The number of rotatable bonds is 2. The fraction of sp³-hybridized carbons (Fsp3) is 0.611. The Morgan fingerprint density at radius 2 is 2.09 bits per heavy atom. The number of likely N-dealkylation sites (tertiary alicyclic amines) is 1. The van der Waals surface area contributed by atoms with Gasteiger partial charge in [0.05, 0.1) is 12.8 Å². The molecular formula is C18H25FN2O2. The van der Waals surface area contributed by atoms with Gasteiger partial charge in [-0.15, -0.1) is 0 Å². The molecule has 3 rings (SSSR count). The highest BCUT2D eigenvalue weighted by atomic mass is 19.1. The van der Waals surface area contributed by atoms with Crippen LogP contribution in [-0.4, -0.2) is 30.6 Å². The summed E-state index contributed by atoms with van der Waals surface area (Å²) in [4.78, 5) is 14.5. The average Bonchev–Trinajstić information content (AvgIpc) is 2.70. The predicted octanol–water partition coefficient (Wildman–Crippen LogP) is 4.27. The predicted molar refractivity (Wildman–Crippen MR) is 88.2 cm³/mol. The SMILES string of the molecule is COc1ccc(NC(=O)N2C[C@]3(C)C[C@H]2CC(C)(C)C3)c(F)c1. The van der Waals surface area contributed by atoms with Gasteiger partial charge in [0, 0.05) is 18.7 Å². The molecule has 1 saturated carbocycles. The molecule has 2 fully saturated rings. The van der Waals surface area contributed by atoms with Crippen LogP contribution in [0.4, 0.5) is 14.9 Å². The van der Waals surface area contributed by atoms with Crippen molar-refractivity contribution >= 4 is 11.7 Å². The Balaban J connectivity index is 1.75. The van der Waals surface area contributed by atoms with Gasteiger partial charge in [-0.25, -0.2) is 9.18 Å². The number of halogens is 1. The monoisotopic (exact) mass is 320 g/mol. The number of benzene rings is 1. The number of hydrogen-bond acceptors (Lipinski definition) is 2. The van der Waals surface area contributed by atoms with Crippen LogP contribution in [0.25, 0.3) is 0 Å². The molecule has 1 saturated heterocycles. The van der Waals surface area contributed by atoms with Crippen LogP contribution >= 0.6 is 0 Å². The summed E-state index contributed by atoms with van der Waals surface area (Å²) in [5, 5.41) is 2.72. The summed E-state index contributed by atoms with van der Waals surface area (Å²) >= 11 is 0. The van der Waals surface area contributed by atoms with Gasteiger partial charge in [0.1, 0.15) is 11.6 Å². The van der Waals surface area contributed by atoms with Gasteiger partial charge < -0.3 is 15.0 Å². The first-order valence-corrected chi connectivity index (χ1v) is 8.13. The zero-order chi connectivity index (χ0) is 16.8. The largest absolute Gasteiger partial charge is 0.497 e. The maximum absolute atomic E-state index is 14.0. The van der Waals surface area contributed by atoms with E-state index >= 15 is 0 Å². The van der Waals surface area contributed by atoms with Crippen molar-refractivity contribution in [1.29, 1.82) is 0 Å². The van der Waals surface area contributed by atoms with Crippen LogP contribution in [0.5, 0.6) is 5.75 Å². The molecular weight excluding hydrogens is 295 g/mol. The van der Waals surface area contributed by atoms with Crippen molar-refractivity contribution in [3.63, 3.8) is 0 Å². The summed E-state index contributed by atoms with van der Waals surface area (Å²) in [5.41, 5.74) is 0.613. The lowest BCUT2D eigenvalue weighted by atomic mass is 9.65. The minimum absolute atomic E-state index is 0.169. The van der Waals surface area contributed by atoms with Crippen LogP contribution in [0.2, 0.25) is 0 Å². The van der Waals surface area contributed by atoms with Crippen LogP contribution in [0.3, 0.4) is 0 Å². The number of ether oxygens (including phenoxy) is 1. The van der Waals surface area contributed by atoms with E-state index in [1.54, 1.807) is 12.1 Å². The molecule has 1 aromatic rings. The van der Waals surface area contributed by atoms with E-state index in [-0.39, 0.29) is 28.6 Å². The Kier molecular flexibility index (Phi) is 3.77. The molecule has 23 heavy (non-hydrogen) atoms. The first-order chi connectivity index (χ1) is 10.7. The fourth-order valence-corrected chi connectivity index (χ4v) is 4.61. The lowest BCUT2D eigenvalue weighted by molar-refractivity contribution is 0.130. The first-order valence-electron chi connectivity index (χ1n) is 8.13. The summed E-state index contributed by atoms with van der Waals surface area (Å²) in [6, 6.07) is 4.50. The van der Waals surface area contributed by atoms with Crippen LogP contribution in [0, 0.1) is 16.6 Å². The number of nitrogens with one attached hydrogen (secondary N) is 1. The van der Waals surface area contributed by atoms with Crippen molar-refractivity contribution in [2.24, 2.45) is 10.8 Å². The second kappa shape index (κ2) is 5.39. The third-order valence-electron chi connectivity index (χ3n) is 5.09. The maximum atomic E-state index is 14.0. The van der Waals surface area contributed by atoms with Crippen molar-refractivity contribution in [1.82, 2.24) is 4.90 Å². The Labute approximate surface area is 137 Å². The highest BCUT2D eigenvalue weighted by Crippen LogP contribution is 2.52. The van der Waals surface area contributed by atoms with E-state index in [0.717, 1.165) is 25.8 Å². The summed E-state index contributed by atoms with van der Waals surface area (Å²) in [7, 11) is 1.49. The number of amides is 2. The molecule has 2 bridgehead atoms. The molecule has 0 spiro atoms. The zero-order valence-electron chi connectivity index (χ0n) is 14.3. The van der Waals surface area contributed by atoms with Crippen LogP contribution in [0.1, 0.15) is 40.0 Å². The second-order valence-electron chi connectivity index (χ2n) is 8.12. The Morgan fingerprint density at radius 1 is 1.35 bits per heavy atom. The van der Waals surface area contributed by atoms with Crippen LogP contribution < -0.4 is 10.1 Å². The van der Waals surface area contributed by atoms with Gasteiger partial charge in [0.15, 0.2) is 0 Å². The number of methoxy groups -OCH3 is 1. The standard InChI is InChI=1S/C18H25FN2O2/c1-17(2)8-12-9-18(3,10-17)11-21(12)16(22)20-15-6-5-13(23-4)7-14(15)19/h5-7,12H,8-11H2,1-4H3,(H,20,22)/t12-,18-/m1/s1. The van der Waals surface area contributed by atoms with Gasteiger partial charge >= 0.3 is 6.03 Å². The summed E-state index contributed by atoms with van der Waals surface area (Å²) in [6.45, 7) is 7.52. The zero-order valence-corrected chi connectivity index (χ0v) is 14.3. The van der Waals surface area contributed by atoms with E-state index in [9.17, 15) is 9.18 Å². The summed E-state index contributed by atoms with van der Waals surface area (Å²) in [5.74, 6) is -0.0433. The third kappa shape index (κ3) is 3.14. The molecule has 1 aromatic carbocycles. The van der Waals surface area contributed by atoms with Gasteiger partial charge in [-0.1, -0.05) is 20.8 Å². The summed E-state index contributed by atoms with van der Waals surface area (Å²) < 4.78 is 19.0. The van der Waals surface area contributed by atoms with E-state index in [4.69, 9.17) is 4.74 Å². The molecule has 5 heteroatoms. The van der Waals surface area contributed by atoms with Crippen LogP contribution in [-0.2, 0) is 0 Å². The number of carbonyl (C=O) groups excluding carboxylic acids is 1. The van der Waals surface area contributed by atoms with E-state index in [2.05, 4.69) is 26.1 Å². The third-order valence-corrected chi connectivity index (χ3v) is 5.09. The number of fused-ring (bicyclic) bond motifs is 2. The minimum atomic E-state index is -0.480. The Hall–Kier alpha value is -1.78. The topological polar surface area (TPSA) is 41.6 Å². The molecule has 2 aliphatic rings. The molecule has 1 aliphatic heterocycles. The summed E-state index contributed by atoms with van der Waals surface area (Å²) in [6.07, 6.45) is 3.16. The fourth-order valence-electron chi connectivity index (χ4n) is 4.61. The Morgan fingerprint density at radius 3 is 2.74 bits per heavy atom. The number of hydrogen-bond donors (Lipinski definition) is 1. The molecule has 4 nitrogen and oxygen atoms in total. The molecule has 126 valence electrons. The molecule has 2 amide bonds. The highest BCUT2D eigenvalue weighted by molar-refractivity contribution is 5.90. The van der Waals surface area contributed by atoms with Crippen molar-refractivity contribution in [2.75, 3.05) is 19.0 Å². The normalized spacial score (nSPS) is 28.6. The molecule has 0 radical (unpaired) electrons. The second-order valence-corrected chi connectivity index (χ2v) is 8.12. The van der Waals surface area contributed by atoms with Gasteiger partial charge in [0.25, 0.3) is 0 Å². The Bertz CT molecular complexity index is 631. The minimum Gasteiger partial charge on any atom is -0.497 e. The van der Waals surface area contributed by atoms with Gasteiger partial charge in [-0.2, -0.15) is 0 Å². The number of anilines is 1. The molecule has 1 N–H and O–H groups in total. The number of urea groups is 1. The number of carbonyl (C=O) groups is 1. The first kappa shape index (κ1) is 16.1. The molecule has 0 aromatic heterocycles. The number of nitrogens with zero attached hydrogens (tertiary/aromatic N) is 1. The van der Waals surface area contributed by atoms with Crippen molar-refractivity contribution in [3.8, 4) is 5.75 Å². The average molecular weight is 320 g/mol. The molecule has 0 unspecified atom stereocenters. The molecule has 2 atom stereocenters. The lowest BCUT2D eigenvalue weighted by Gasteiger charge is -2.39. The van der Waals surface area contributed by atoms with E-state index in [1.807, 2.05) is 4.90 Å². The van der Waals surface area contributed by atoms with Gasteiger partial charge in [0.2, 0.25) is 0 Å².